The predicted octanol–water partition coefficient (Wildman–Crippen LogP) is 5.77. The van der Waals surface area contributed by atoms with Crippen LogP contribution < -0.4 is 4.74 Å². The minimum Gasteiger partial charge on any atom is -0.482 e. The van der Waals surface area contributed by atoms with Crippen LogP contribution in [0, 0.1) is 0 Å². The van der Waals surface area contributed by atoms with E-state index in [-0.39, 0.29) is 12.6 Å². The molecule has 148 valence electrons. The second-order valence-corrected chi connectivity index (χ2v) is 6.82. The molecule has 0 bridgehead atoms. The third kappa shape index (κ3) is 11.9. The van der Waals surface area contributed by atoms with E-state index in [0.717, 1.165) is 25.9 Å². The number of hydroxylamine groups is 2. The molecule has 0 saturated heterocycles. The molecular weight excluding hydrogens is 326 g/mol. The highest BCUT2D eigenvalue weighted by Crippen LogP contribution is 2.10. The van der Waals surface area contributed by atoms with Crippen molar-refractivity contribution in [3.63, 3.8) is 0 Å². The van der Waals surface area contributed by atoms with Crippen LogP contribution in [0.25, 0.3) is 0 Å². The Bertz CT molecular complexity index is 436. The summed E-state index contributed by atoms with van der Waals surface area (Å²) in [5, 5.41) is 1.84. The molecule has 0 saturated carbocycles. The maximum atomic E-state index is 12.1. The van der Waals surface area contributed by atoms with E-state index in [0.29, 0.717) is 5.75 Å². The Morgan fingerprint density at radius 1 is 0.808 bits per heavy atom. The van der Waals surface area contributed by atoms with Gasteiger partial charge in [0.05, 0.1) is 0 Å². The van der Waals surface area contributed by atoms with Crippen molar-refractivity contribution >= 4 is 5.97 Å². The van der Waals surface area contributed by atoms with Gasteiger partial charge in [-0.2, -0.15) is 0 Å². The molecule has 0 N–H and O–H groups in total. The van der Waals surface area contributed by atoms with Crippen LogP contribution in [0.5, 0.6) is 5.75 Å². The van der Waals surface area contributed by atoms with Crippen molar-refractivity contribution in [2.24, 2.45) is 0 Å². The average molecular weight is 364 g/mol. The van der Waals surface area contributed by atoms with Gasteiger partial charge in [0.25, 0.3) is 0 Å². The van der Waals surface area contributed by atoms with Crippen LogP contribution in [0.2, 0.25) is 0 Å². The maximum Gasteiger partial charge on any atom is 0.362 e. The molecule has 0 heterocycles. The fraction of sp³-hybridized carbons (Fsp3) is 0.682. The number of carbonyl (C=O) groups excluding carboxylic acids is 1. The van der Waals surface area contributed by atoms with Crippen LogP contribution >= 0.6 is 0 Å². The molecule has 0 radical (unpaired) electrons. The molecule has 0 aromatic heterocycles. The highest BCUT2D eigenvalue weighted by atomic mass is 16.7. The molecule has 0 amide bonds. The first-order chi connectivity index (χ1) is 12.8. The quantitative estimate of drug-likeness (QED) is 0.276. The van der Waals surface area contributed by atoms with Crippen molar-refractivity contribution in [2.45, 2.75) is 78.1 Å². The molecule has 1 aromatic rings. The summed E-state index contributed by atoms with van der Waals surface area (Å²) in [5.74, 6) is 0.367. The Balaban J connectivity index is 2.31. The van der Waals surface area contributed by atoms with E-state index in [2.05, 4.69) is 13.8 Å². The highest BCUT2D eigenvalue weighted by Gasteiger charge is 2.12. The van der Waals surface area contributed by atoms with Crippen molar-refractivity contribution in [3.8, 4) is 5.75 Å². The van der Waals surface area contributed by atoms with Gasteiger partial charge in [0.2, 0.25) is 0 Å². The van der Waals surface area contributed by atoms with Gasteiger partial charge < -0.3 is 9.57 Å². The maximum absolute atomic E-state index is 12.1. The number of ether oxygens (including phenoxy) is 1. The molecule has 0 atom stereocenters. The zero-order valence-corrected chi connectivity index (χ0v) is 16.8. The molecule has 0 aliphatic rings. The van der Waals surface area contributed by atoms with Crippen molar-refractivity contribution < 1.29 is 14.4 Å². The van der Waals surface area contributed by atoms with E-state index in [1.165, 1.54) is 51.4 Å². The van der Waals surface area contributed by atoms with Gasteiger partial charge in [0, 0.05) is 13.1 Å². The van der Waals surface area contributed by atoms with Crippen molar-refractivity contribution in [1.82, 2.24) is 5.06 Å². The normalized spacial score (nSPS) is 10.9. The van der Waals surface area contributed by atoms with Crippen LogP contribution in [0.3, 0.4) is 0 Å². The Kier molecular flexibility index (Phi) is 13.6. The summed E-state index contributed by atoms with van der Waals surface area (Å²) < 4.78 is 5.48. The molecule has 26 heavy (non-hydrogen) atoms. The smallest absolute Gasteiger partial charge is 0.362 e. The Hall–Kier alpha value is -1.55. The fourth-order valence-corrected chi connectivity index (χ4v) is 2.82. The SMILES string of the molecule is CCCCCCCN(CCCCCCC)OC(=O)COc1ccccc1. The lowest BCUT2D eigenvalue weighted by molar-refractivity contribution is -0.193. The summed E-state index contributed by atoms with van der Waals surface area (Å²) in [7, 11) is 0. The first kappa shape index (κ1) is 22.5. The zero-order valence-electron chi connectivity index (χ0n) is 16.8. The van der Waals surface area contributed by atoms with Gasteiger partial charge in [0.15, 0.2) is 6.61 Å². The molecule has 4 heteroatoms. The van der Waals surface area contributed by atoms with Crippen LogP contribution in [-0.2, 0) is 9.63 Å². The molecule has 1 aromatic carbocycles. The Morgan fingerprint density at radius 3 is 1.88 bits per heavy atom. The summed E-state index contributed by atoms with van der Waals surface area (Å²) in [5.41, 5.74) is 0. The fourth-order valence-electron chi connectivity index (χ4n) is 2.82. The number of rotatable bonds is 16. The third-order valence-corrected chi connectivity index (χ3v) is 4.35. The molecule has 1 rings (SSSR count). The average Bonchev–Trinajstić information content (AvgIpc) is 2.66. The largest absolute Gasteiger partial charge is 0.482 e. The molecule has 0 aliphatic heterocycles. The predicted molar refractivity (Wildman–Crippen MR) is 107 cm³/mol. The summed E-state index contributed by atoms with van der Waals surface area (Å²) in [4.78, 5) is 17.7. The van der Waals surface area contributed by atoms with Gasteiger partial charge in [-0.25, -0.2) is 4.79 Å². The van der Waals surface area contributed by atoms with E-state index < -0.39 is 0 Å². The molecule has 0 fully saturated rings. The summed E-state index contributed by atoms with van der Waals surface area (Å²) >= 11 is 0. The second kappa shape index (κ2) is 15.7. The minimum atomic E-state index is -0.323. The molecular formula is C22H37NO3. The third-order valence-electron chi connectivity index (χ3n) is 4.35. The van der Waals surface area contributed by atoms with Gasteiger partial charge in [-0.3, -0.25) is 0 Å². The van der Waals surface area contributed by atoms with Gasteiger partial charge in [-0.05, 0) is 25.0 Å². The van der Waals surface area contributed by atoms with Crippen LogP contribution in [0.15, 0.2) is 30.3 Å². The summed E-state index contributed by atoms with van der Waals surface area (Å²) in [6, 6.07) is 9.38. The van der Waals surface area contributed by atoms with Crippen molar-refractivity contribution in [2.75, 3.05) is 19.7 Å². The number of para-hydroxylation sites is 1. The molecule has 0 aliphatic carbocycles. The second-order valence-electron chi connectivity index (χ2n) is 6.82. The highest BCUT2D eigenvalue weighted by molar-refractivity contribution is 5.70. The first-order valence-corrected chi connectivity index (χ1v) is 10.4. The summed E-state index contributed by atoms with van der Waals surface area (Å²) in [6.07, 6.45) is 12.1. The van der Waals surface area contributed by atoms with E-state index in [9.17, 15) is 4.79 Å². The van der Waals surface area contributed by atoms with E-state index in [4.69, 9.17) is 9.57 Å². The molecule has 0 unspecified atom stereocenters. The number of hydrogen-bond donors (Lipinski definition) is 0. The van der Waals surface area contributed by atoms with Gasteiger partial charge >= 0.3 is 5.97 Å². The van der Waals surface area contributed by atoms with E-state index in [1.807, 2.05) is 35.4 Å². The standard InChI is InChI=1S/C22H37NO3/c1-3-5-7-9-14-18-23(19-15-10-8-6-4-2)26-22(24)20-25-21-16-12-11-13-17-21/h11-13,16-17H,3-10,14-15,18-20H2,1-2H3. The number of benzene rings is 1. The number of unbranched alkanes of at least 4 members (excludes halogenated alkanes) is 8. The Morgan fingerprint density at radius 2 is 1.35 bits per heavy atom. The van der Waals surface area contributed by atoms with Gasteiger partial charge in [-0.1, -0.05) is 83.4 Å². The lowest BCUT2D eigenvalue weighted by atomic mass is 10.1. The number of nitrogens with zero attached hydrogens (tertiary/aromatic N) is 1. The van der Waals surface area contributed by atoms with Crippen LogP contribution in [0.1, 0.15) is 78.1 Å². The van der Waals surface area contributed by atoms with Crippen LogP contribution in [-0.4, -0.2) is 30.7 Å². The van der Waals surface area contributed by atoms with Gasteiger partial charge in [0.1, 0.15) is 5.75 Å². The molecule has 0 spiro atoms. The number of hydrogen-bond acceptors (Lipinski definition) is 4. The lowest BCUT2D eigenvalue weighted by Gasteiger charge is -2.21. The van der Waals surface area contributed by atoms with E-state index in [1.54, 1.807) is 0 Å². The van der Waals surface area contributed by atoms with Crippen molar-refractivity contribution in [1.29, 1.82) is 0 Å². The Labute approximate surface area is 159 Å². The summed E-state index contributed by atoms with van der Waals surface area (Å²) in [6.45, 7) is 6.02. The molecule has 4 nitrogen and oxygen atoms in total. The van der Waals surface area contributed by atoms with Crippen LogP contribution in [0.4, 0.5) is 0 Å². The first-order valence-electron chi connectivity index (χ1n) is 10.4. The lowest BCUT2D eigenvalue weighted by Crippen LogP contribution is -2.31. The topological polar surface area (TPSA) is 38.8 Å². The van der Waals surface area contributed by atoms with E-state index >= 15 is 0 Å². The zero-order chi connectivity index (χ0) is 18.9. The monoisotopic (exact) mass is 363 g/mol. The number of carbonyl (C=O) groups is 1. The van der Waals surface area contributed by atoms with Gasteiger partial charge in [-0.15, -0.1) is 5.06 Å². The minimum absolute atomic E-state index is 0.0494. The van der Waals surface area contributed by atoms with Crippen molar-refractivity contribution in [3.05, 3.63) is 30.3 Å².